The summed E-state index contributed by atoms with van der Waals surface area (Å²) in [5, 5.41) is 0.819. The van der Waals surface area contributed by atoms with Gasteiger partial charge in [0.25, 0.3) is 5.56 Å². The minimum atomic E-state index is -1.52. The Morgan fingerprint density at radius 1 is 0.943 bits per heavy atom. The van der Waals surface area contributed by atoms with Gasteiger partial charge in [0.1, 0.15) is 5.41 Å². The van der Waals surface area contributed by atoms with Crippen LogP contribution in [0.25, 0.3) is 0 Å². The molecular weight excluding hydrogens is 491 g/mol. The Bertz CT molecular complexity index is 1270. The number of barbiturate groups is 1. The number of urea groups is 1. The van der Waals surface area contributed by atoms with E-state index in [9.17, 15) is 19.2 Å². The van der Waals surface area contributed by atoms with Gasteiger partial charge in [0.2, 0.25) is 11.8 Å². The normalized spacial score (nSPS) is 24.1. The standard InChI is InChI=1S/C25H26Cl2N4O4/c1-28-22(33)25(23(34)29(2)24(28)35,10-16-6-7-18(26)9-19(16)27)14-30-11-15-8-17(13-30)20-4-3-5-21(32)31(20)12-15/h3-7,9,15,17H,8,10-14H2,1-2H3/t15-,17+/m1/s1. The van der Waals surface area contributed by atoms with Crippen LogP contribution < -0.4 is 5.56 Å². The van der Waals surface area contributed by atoms with Crippen molar-refractivity contribution in [1.82, 2.24) is 19.3 Å². The average molecular weight is 517 g/mol. The first-order chi connectivity index (χ1) is 16.6. The second-order valence-electron chi connectivity index (χ2n) is 9.90. The molecule has 2 bridgehead atoms. The van der Waals surface area contributed by atoms with E-state index >= 15 is 0 Å². The van der Waals surface area contributed by atoms with Crippen molar-refractivity contribution in [2.45, 2.75) is 25.3 Å². The molecule has 5 rings (SSSR count). The first kappa shape index (κ1) is 24.0. The van der Waals surface area contributed by atoms with Crippen molar-refractivity contribution in [1.29, 1.82) is 0 Å². The van der Waals surface area contributed by atoms with Gasteiger partial charge in [-0.15, -0.1) is 0 Å². The highest BCUT2D eigenvalue weighted by Gasteiger charge is 2.56. The maximum atomic E-state index is 13.7. The van der Waals surface area contributed by atoms with E-state index in [0.717, 1.165) is 21.9 Å². The fraction of sp³-hybridized carbons (Fsp3) is 0.440. The van der Waals surface area contributed by atoms with Gasteiger partial charge in [-0.1, -0.05) is 35.3 Å². The summed E-state index contributed by atoms with van der Waals surface area (Å²) in [4.78, 5) is 56.5. The molecule has 4 amide bonds. The monoisotopic (exact) mass is 516 g/mol. The van der Waals surface area contributed by atoms with E-state index in [1.165, 1.54) is 14.1 Å². The smallest absolute Gasteiger partial charge is 0.312 e. The van der Waals surface area contributed by atoms with Gasteiger partial charge >= 0.3 is 6.03 Å². The van der Waals surface area contributed by atoms with Crippen LogP contribution in [-0.4, -0.2) is 70.8 Å². The maximum absolute atomic E-state index is 13.7. The second kappa shape index (κ2) is 8.76. The zero-order valence-corrected chi connectivity index (χ0v) is 21.1. The lowest BCUT2D eigenvalue weighted by Crippen LogP contribution is -2.67. The van der Waals surface area contributed by atoms with Gasteiger partial charge < -0.3 is 9.47 Å². The molecule has 10 heteroatoms. The Hall–Kier alpha value is -2.68. The number of fused-ring (bicyclic) bond motifs is 4. The maximum Gasteiger partial charge on any atom is 0.332 e. The van der Waals surface area contributed by atoms with Crippen LogP contribution in [0.5, 0.6) is 0 Å². The summed E-state index contributed by atoms with van der Waals surface area (Å²) in [7, 11) is 2.80. The van der Waals surface area contributed by atoms with Crippen LogP contribution in [0.4, 0.5) is 4.79 Å². The third-order valence-corrected chi connectivity index (χ3v) is 8.15. The molecular formula is C25H26Cl2N4O4. The highest BCUT2D eigenvalue weighted by atomic mass is 35.5. The number of hydrogen-bond donors (Lipinski definition) is 0. The summed E-state index contributed by atoms with van der Waals surface area (Å²) in [6.45, 7) is 2.02. The average Bonchev–Trinajstić information content (AvgIpc) is 2.82. The predicted octanol–water partition coefficient (Wildman–Crippen LogP) is 2.85. The molecule has 2 fully saturated rings. The zero-order valence-electron chi connectivity index (χ0n) is 19.5. The number of pyridine rings is 1. The Morgan fingerprint density at radius 2 is 1.66 bits per heavy atom. The molecule has 184 valence electrons. The molecule has 0 unspecified atom stereocenters. The number of likely N-dealkylation sites (tertiary alicyclic amines) is 1. The molecule has 2 aromatic rings. The van der Waals surface area contributed by atoms with Crippen molar-refractivity contribution >= 4 is 41.0 Å². The van der Waals surface area contributed by atoms with Crippen molar-refractivity contribution < 1.29 is 14.4 Å². The van der Waals surface area contributed by atoms with Crippen molar-refractivity contribution in [3.05, 3.63) is 68.1 Å². The van der Waals surface area contributed by atoms with Crippen LogP contribution in [0.1, 0.15) is 23.6 Å². The number of rotatable bonds is 4. The number of carbonyl (C=O) groups excluding carboxylic acids is 3. The highest BCUT2D eigenvalue weighted by molar-refractivity contribution is 6.35. The van der Waals surface area contributed by atoms with Gasteiger partial charge in [-0.05, 0) is 42.5 Å². The number of imide groups is 2. The van der Waals surface area contributed by atoms with Gasteiger partial charge in [0, 0.05) is 68.0 Å². The number of halogens is 2. The van der Waals surface area contributed by atoms with Crippen LogP contribution in [0, 0.1) is 11.3 Å². The molecule has 4 heterocycles. The van der Waals surface area contributed by atoms with Gasteiger partial charge in [-0.25, -0.2) is 4.79 Å². The molecule has 0 aliphatic carbocycles. The summed E-state index contributed by atoms with van der Waals surface area (Å²) in [5.41, 5.74) is 0.0810. The lowest BCUT2D eigenvalue weighted by molar-refractivity contribution is -0.159. The van der Waals surface area contributed by atoms with E-state index in [2.05, 4.69) is 4.90 Å². The van der Waals surface area contributed by atoms with Gasteiger partial charge in [-0.2, -0.15) is 0 Å². The van der Waals surface area contributed by atoms with E-state index < -0.39 is 23.3 Å². The summed E-state index contributed by atoms with van der Waals surface area (Å²) in [5.74, 6) is -0.727. The molecule has 8 nitrogen and oxygen atoms in total. The SMILES string of the molecule is CN1C(=O)N(C)C(=O)C(Cc2ccc(Cl)cc2Cl)(CN2C[C@H]3C[C@@H](C2)c2cccc(=O)n2C3)C1=O. The molecule has 2 saturated heterocycles. The Labute approximate surface area is 213 Å². The summed E-state index contributed by atoms with van der Waals surface area (Å²) in [6, 6.07) is 9.66. The molecule has 0 radical (unpaired) electrons. The van der Waals surface area contributed by atoms with E-state index in [0.29, 0.717) is 35.2 Å². The number of aromatic nitrogens is 1. The van der Waals surface area contributed by atoms with E-state index in [4.69, 9.17) is 23.2 Å². The molecule has 2 atom stereocenters. The molecule has 0 saturated carbocycles. The van der Waals surface area contributed by atoms with E-state index in [-0.39, 0.29) is 30.4 Å². The van der Waals surface area contributed by atoms with Gasteiger partial charge in [0.05, 0.1) is 0 Å². The summed E-state index contributed by atoms with van der Waals surface area (Å²) in [6.07, 6.45) is 1.00. The van der Waals surface area contributed by atoms with Crippen LogP contribution >= 0.6 is 23.2 Å². The largest absolute Gasteiger partial charge is 0.332 e. The Balaban J connectivity index is 1.52. The lowest BCUT2D eigenvalue weighted by atomic mass is 9.75. The lowest BCUT2D eigenvalue weighted by Gasteiger charge is -2.48. The van der Waals surface area contributed by atoms with E-state index in [1.807, 2.05) is 10.6 Å². The van der Waals surface area contributed by atoms with Crippen LogP contribution in [-0.2, 0) is 22.6 Å². The predicted molar refractivity (Wildman–Crippen MR) is 132 cm³/mol. The van der Waals surface area contributed by atoms with Crippen LogP contribution in [0.15, 0.2) is 41.2 Å². The summed E-state index contributed by atoms with van der Waals surface area (Å²) >= 11 is 12.5. The van der Waals surface area contributed by atoms with Crippen molar-refractivity contribution in [3.8, 4) is 0 Å². The molecule has 3 aliphatic heterocycles. The Morgan fingerprint density at radius 3 is 2.34 bits per heavy atom. The number of benzene rings is 1. The minimum Gasteiger partial charge on any atom is -0.312 e. The molecule has 0 N–H and O–H groups in total. The first-order valence-corrected chi connectivity index (χ1v) is 12.3. The zero-order chi connectivity index (χ0) is 25.1. The number of hydrogen-bond acceptors (Lipinski definition) is 5. The minimum absolute atomic E-state index is 0.00102. The first-order valence-electron chi connectivity index (χ1n) is 11.6. The molecule has 35 heavy (non-hydrogen) atoms. The fourth-order valence-electron chi connectivity index (χ4n) is 5.97. The third kappa shape index (κ3) is 3.97. The quantitative estimate of drug-likeness (QED) is 0.583. The molecule has 0 spiro atoms. The fourth-order valence-corrected chi connectivity index (χ4v) is 6.45. The van der Waals surface area contributed by atoms with Crippen LogP contribution in [0.3, 0.4) is 0 Å². The number of piperidine rings is 1. The molecule has 1 aromatic carbocycles. The highest BCUT2D eigenvalue weighted by Crippen LogP contribution is 2.40. The number of amides is 4. The van der Waals surface area contributed by atoms with Gasteiger partial charge in [0.15, 0.2) is 0 Å². The Kier molecular flexibility index (Phi) is 6.02. The third-order valence-electron chi connectivity index (χ3n) is 7.56. The van der Waals surface area contributed by atoms with Gasteiger partial charge in [-0.3, -0.25) is 24.2 Å². The topological polar surface area (TPSA) is 82.9 Å². The second-order valence-corrected chi connectivity index (χ2v) is 10.7. The van der Waals surface area contributed by atoms with E-state index in [1.54, 1.807) is 30.3 Å². The van der Waals surface area contributed by atoms with Crippen LogP contribution in [0.2, 0.25) is 10.0 Å². The molecule has 3 aliphatic rings. The van der Waals surface area contributed by atoms with Crippen molar-refractivity contribution in [2.24, 2.45) is 11.3 Å². The van der Waals surface area contributed by atoms with Crippen molar-refractivity contribution in [3.63, 3.8) is 0 Å². The number of nitrogens with zero attached hydrogens (tertiary/aromatic N) is 4. The summed E-state index contributed by atoms with van der Waals surface area (Å²) < 4.78 is 1.84. The number of carbonyl (C=O) groups is 3. The molecule has 1 aromatic heterocycles. The van der Waals surface area contributed by atoms with Crippen molar-refractivity contribution in [2.75, 3.05) is 33.7 Å².